The fourth-order valence-electron chi connectivity index (χ4n) is 5.21. The third-order valence-electron chi connectivity index (χ3n) is 7.47. The summed E-state index contributed by atoms with van der Waals surface area (Å²) in [7, 11) is 0. The van der Waals surface area contributed by atoms with Crippen molar-refractivity contribution in [2.24, 2.45) is 5.92 Å². The van der Waals surface area contributed by atoms with E-state index >= 15 is 0 Å². The third kappa shape index (κ3) is 13.0. The molecule has 0 saturated carbocycles. The lowest BCUT2D eigenvalue weighted by Crippen LogP contribution is -2.41. The van der Waals surface area contributed by atoms with Crippen LogP contribution in [0.4, 0.5) is 0 Å². The predicted octanol–water partition coefficient (Wildman–Crippen LogP) is 10.1. The molecule has 0 aromatic carbocycles. The summed E-state index contributed by atoms with van der Waals surface area (Å²) in [6.45, 7) is 11.8. The Kier molecular flexibility index (Phi) is 18.0. The normalized spacial score (nSPS) is 13.7. The minimum atomic E-state index is 0.612. The van der Waals surface area contributed by atoms with E-state index in [1.54, 1.807) is 0 Å². The maximum absolute atomic E-state index is 3.64. The molecule has 1 N–H and O–H groups in total. The fourth-order valence-corrected chi connectivity index (χ4v) is 5.21. The Balaban J connectivity index is 2.26. The molecule has 0 aliphatic carbocycles. The highest BCUT2D eigenvalue weighted by molar-refractivity contribution is 4.92. The number of H-pyrrole nitrogens is 1. The standard InChI is InChI=1S/C30H58N2/c1-6-8-10-12-13-14-15-16-17-18-20-22-24-29(27(3)4)30-31-25-26-32(30)28(5)23-21-19-11-9-7-2/h25-29H,6-24H2,1-5H3/p+1. The molecule has 1 aromatic rings. The lowest BCUT2D eigenvalue weighted by Gasteiger charge is -2.20. The molecule has 2 heteroatoms. The van der Waals surface area contributed by atoms with Crippen molar-refractivity contribution in [3.05, 3.63) is 18.2 Å². The quantitative estimate of drug-likeness (QED) is 0.135. The van der Waals surface area contributed by atoms with Gasteiger partial charge in [-0.25, -0.2) is 9.55 Å². The van der Waals surface area contributed by atoms with Crippen molar-refractivity contribution < 1.29 is 4.57 Å². The topological polar surface area (TPSA) is 19.7 Å². The molecular formula is C30H59N2+. The zero-order chi connectivity index (χ0) is 23.4. The molecule has 0 saturated heterocycles. The van der Waals surface area contributed by atoms with Crippen molar-refractivity contribution in [3.8, 4) is 0 Å². The van der Waals surface area contributed by atoms with Crippen LogP contribution < -0.4 is 4.57 Å². The second-order valence-corrected chi connectivity index (χ2v) is 10.8. The summed E-state index contributed by atoms with van der Waals surface area (Å²) in [5.41, 5.74) is 0. The summed E-state index contributed by atoms with van der Waals surface area (Å²) in [5, 5.41) is 0. The van der Waals surface area contributed by atoms with Crippen molar-refractivity contribution in [2.75, 3.05) is 0 Å². The summed E-state index contributed by atoms with van der Waals surface area (Å²) in [5.74, 6) is 2.84. The van der Waals surface area contributed by atoms with Gasteiger partial charge in [0.2, 0.25) is 0 Å². The van der Waals surface area contributed by atoms with E-state index in [1.165, 1.54) is 128 Å². The second kappa shape index (κ2) is 19.7. The zero-order valence-electron chi connectivity index (χ0n) is 22.8. The Morgan fingerprint density at radius 2 is 1.06 bits per heavy atom. The van der Waals surface area contributed by atoms with Crippen LogP contribution in [-0.2, 0) is 0 Å². The molecule has 1 aromatic heterocycles. The number of hydrogen-bond donors (Lipinski definition) is 1. The van der Waals surface area contributed by atoms with Gasteiger partial charge in [-0.05, 0) is 32.1 Å². The zero-order valence-corrected chi connectivity index (χ0v) is 22.8. The highest BCUT2D eigenvalue weighted by atomic mass is 15.1. The van der Waals surface area contributed by atoms with Crippen LogP contribution >= 0.6 is 0 Å². The van der Waals surface area contributed by atoms with Crippen molar-refractivity contribution in [2.45, 2.75) is 169 Å². The van der Waals surface area contributed by atoms with Gasteiger partial charge >= 0.3 is 0 Å². The first-order valence-electron chi connectivity index (χ1n) is 14.7. The Bertz CT molecular complexity index is 519. The Morgan fingerprint density at radius 1 is 0.625 bits per heavy atom. The van der Waals surface area contributed by atoms with Gasteiger partial charge in [-0.3, -0.25) is 0 Å². The van der Waals surface area contributed by atoms with E-state index in [9.17, 15) is 0 Å². The molecule has 1 heterocycles. The first-order valence-corrected chi connectivity index (χ1v) is 14.7. The van der Waals surface area contributed by atoms with Gasteiger partial charge in [-0.2, -0.15) is 0 Å². The van der Waals surface area contributed by atoms with Crippen LogP contribution in [0.2, 0.25) is 0 Å². The number of aromatic nitrogens is 2. The number of hydrogen-bond acceptors (Lipinski definition) is 0. The van der Waals surface area contributed by atoms with Crippen LogP contribution in [0, 0.1) is 5.92 Å². The van der Waals surface area contributed by atoms with Gasteiger partial charge in [-0.15, -0.1) is 0 Å². The van der Waals surface area contributed by atoms with E-state index in [0.717, 1.165) is 0 Å². The number of nitrogens with zero attached hydrogens (tertiary/aromatic N) is 1. The molecule has 2 unspecified atom stereocenters. The lowest BCUT2D eigenvalue weighted by molar-refractivity contribution is -0.727. The van der Waals surface area contributed by atoms with Gasteiger partial charge in [0.1, 0.15) is 12.4 Å². The van der Waals surface area contributed by atoms with Crippen LogP contribution in [-0.4, -0.2) is 4.98 Å². The Hall–Kier alpha value is -0.790. The lowest BCUT2D eigenvalue weighted by atomic mass is 9.89. The Morgan fingerprint density at radius 3 is 1.53 bits per heavy atom. The number of nitrogens with one attached hydrogen (secondary N) is 1. The van der Waals surface area contributed by atoms with Crippen LogP contribution in [0.5, 0.6) is 0 Å². The van der Waals surface area contributed by atoms with Gasteiger partial charge in [0.05, 0.1) is 12.0 Å². The van der Waals surface area contributed by atoms with Crippen LogP contribution in [0.3, 0.4) is 0 Å². The van der Waals surface area contributed by atoms with Gasteiger partial charge in [-0.1, -0.05) is 130 Å². The molecule has 0 fully saturated rings. The van der Waals surface area contributed by atoms with E-state index in [2.05, 4.69) is 56.6 Å². The summed E-state index contributed by atoms with van der Waals surface area (Å²) in [6.07, 6.45) is 31.2. The summed E-state index contributed by atoms with van der Waals surface area (Å²) in [4.78, 5) is 3.64. The van der Waals surface area contributed by atoms with E-state index in [1.807, 2.05) is 0 Å². The van der Waals surface area contributed by atoms with E-state index in [-0.39, 0.29) is 0 Å². The first kappa shape index (κ1) is 29.2. The minimum absolute atomic E-state index is 0.612. The van der Waals surface area contributed by atoms with Crippen LogP contribution in [0.1, 0.15) is 174 Å². The van der Waals surface area contributed by atoms with Crippen molar-refractivity contribution in [1.29, 1.82) is 0 Å². The molecule has 1 rings (SSSR count). The maximum atomic E-state index is 3.64. The summed E-state index contributed by atoms with van der Waals surface area (Å²) in [6, 6.07) is 0.612. The summed E-state index contributed by atoms with van der Waals surface area (Å²) < 4.78 is 2.56. The van der Waals surface area contributed by atoms with E-state index in [4.69, 9.17) is 0 Å². The van der Waals surface area contributed by atoms with E-state index in [0.29, 0.717) is 17.9 Å². The summed E-state index contributed by atoms with van der Waals surface area (Å²) >= 11 is 0. The van der Waals surface area contributed by atoms with Crippen molar-refractivity contribution in [3.63, 3.8) is 0 Å². The molecule has 0 radical (unpaired) electrons. The minimum Gasteiger partial charge on any atom is -0.247 e. The first-order chi connectivity index (χ1) is 15.6. The largest absolute Gasteiger partial charge is 0.257 e. The molecule has 32 heavy (non-hydrogen) atoms. The smallest absolute Gasteiger partial charge is 0.247 e. The molecule has 2 atom stereocenters. The monoisotopic (exact) mass is 447 g/mol. The van der Waals surface area contributed by atoms with Crippen molar-refractivity contribution >= 4 is 0 Å². The molecule has 2 nitrogen and oxygen atoms in total. The number of imidazole rings is 1. The molecule has 0 spiro atoms. The highest BCUT2D eigenvalue weighted by Gasteiger charge is 2.27. The molecular weight excluding hydrogens is 388 g/mol. The van der Waals surface area contributed by atoms with E-state index < -0.39 is 0 Å². The average molecular weight is 448 g/mol. The van der Waals surface area contributed by atoms with Gasteiger partial charge in [0, 0.05) is 0 Å². The maximum Gasteiger partial charge on any atom is 0.257 e. The van der Waals surface area contributed by atoms with Crippen molar-refractivity contribution in [1.82, 2.24) is 4.98 Å². The number of unbranched alkanes of at least 4 members (excludes halogenated alkanes) is 15. The Labute approximate surface area is 202 Å². The van der Waals surface area contributed by atoms with Crippen LogP contribution in [0.25, 0.3) is 0 Å². The average Bonchev–Trinajstić information content (AvgIpc) is 3.26. The third-order valence-corrected chi connectivity index (χ3v) is 7.47. The molecule has 0 aliphatic rings. The van der Waals surface area contributed by atoms with Gasteiger partial charge < -0.3 is 0 Å². The van der Waals surface area contributed by atoms with Crippen LogP contribution in [0.15, 0.2) is 12.4 Å². The fraction of sp³-hybridized carbons (Fsp3) is 0.900. The predicted molar refractivity (Wildman–Crippen MR) is 142 cm³/mol. The molecule has 188 valence electrons. The molecule has 0 bridgehead atoms. The number of aromatic amines is 1. The highest BCUT2D eigenvalue weighted by Crippen LogP contribution is 2.28. The SMILES string of the molecule is CCCCCCCCCCCCCCC(c1[nH]cc[n+]1C(C)CCCCCCC)C(C)C. The second-order valence-electron chi connectivity index (χ2n) is 10.8. The molecule has 0 amide bonds. The van der Waals surface area contributed by atoms with Gasteiger partial charge in [0.25, 0.3) is 5.82 Å². The number of rotatable bonds is 22. The molecule has 0 aliphatic heterocycles. The van der Waals surface area contributed by atoms with Gasteiger partial charge in [0.15, 0.2) is 0 Å².